The van der Waals surface area contributed by atoms with Gasteiger partial charge in [0, 0.05) is 25.7 Å². The smallest absolute Gasteiger partial charge is 0.321 e. The maximum Gasteiger partial charge on any atom is 0.321 e. The molecule has 7 nitrogen and oxygen atoms in total. The Balaban J connectivity index is 1.71. The number of amides is 2. The summed E-state index contributed by atoms with van der Waals surface area (Å²) in [6, 6.07) is 9.51. The third-order valence-corrected chi connectivity index (χ3v) is 4.36. The number of benzene rings is 1. The zero-order chi connectivity index (χ0) is 17.1. The minimum Gasteiger partial charge on any atom is -0.481 e. The molecule has 1 fully saturated rings. The number of nitrogens with one attached hydrogen (secondary N) is 1. The second kappa shape index (κ2) is 6.74. The summed E-state index contributed by atoms with van der Waals surface area (Å²) >= 11 is 0. The number of hydrogen-bond donors (Lipinski definition) is 2. The van der Waals surface area contributed by atoms with E-state index in [1.165, 1.54) is 0 Å². The lowest BCUT2D eigenvalue weighted by Gasteiger charge is -2.30. The van der Waals surface area contributed by atoms with E-state index in [4.69, 9.17) is 5.11 Å². The highest BCUT2D eigenvalue weighted by Crippen LogP contribution is 2.27. The minimum absolute atomic E-state index is 0.219. The van der Waals surface area contributed by atoms with Gasteiger partial charge in [-0.1, -0.05) is 30.3 Å². The predicted molar refractivity (Wildman–Crippen MR) is 89.6 cm³/mol. The molecule has 0 bridgehead atoms. The van der Waals surface area contributed by atoms with Crippen LogP contribution in [0.1, 0.15) is 12.8 Å². The average molecular weight is 328 g/mol. The van der Waals surface area contributed by atoms with E-state index < -0.39 is 5.97 Å². The number of nitrogens with zero attached hydrogens (tertiary/aromatic N) is 3. The van der Waals surface area contributed by atoms with Crippen molar-refractivity contribution in [2.45, 2.75) is 12.8 Å². The Morgan fingerprint density at radius 2 is 1.88 bits per heavy atom. The maximum absolute atomic E-state index is 12.5. The van der Waals surface area contributed by atoms with Crippen LogP contribution in [-0.4, -0.2) is 44.9 Å². The molecule has 2 aromatic rings. The Hall–Kier alpha value is -2.83. The lowest BCUT2D eigenvalue weighted by Crippen LogP contribution is -2.42. The third kappa shape index (κ3) is 3.24. The van der Waals surface area contributed by atoms with E-state index in [9.17, 15) is 9.59 Å². The highest BCUT2D eigenvalue weighted by Gasteiger charge is 2.27. The van der Waals surface area contributed by atoms with Crippen molar-refractivity contribution in [2.24, 2.45) is 13.0 Å². The van der Waals surface area contributed by atoms with Crippen LogP contribution in [0.4, 0.5) is 10.5 Å². The molecule has 1 aliphatic rings. The summed E-state index contributed by atoms with van der Waals surface area (Å²) in [6.07, 6.45) is 2.60. The fourth-order valence-corrected chi connectivity index (χ4v) is 2.99. The van der Waals surface area contributed by atoms with Crippen molar-refractivity contribution < 1.29 is 14.7 Å². The van der Waals surface area contributed by atoms with E-state index in [0.29, 0.717) is 31.6 Å². The van der Waals surface area contributed by atoms with Crippen molar-refractivity contribution in [2.75, 3.05) is 18.4 Å². The summed E-state index contributed by atoms with van der Waals surface area (Å²) < 4.78 is 1.72. The summed E-state index contributed by atoms with van der Waals surface area (Å²) in [5.74, 6) is -1.14. The molecule has 1 aromatic heterocycles. The normalized spacial score (nSPS) is 15.3. The van der Waals surface area contributed by atoms with Gasteiger partial charge >= 0.3 is 12.0 Å². The molecule has 2 N–H and O–H groups in total. The van der Waals surface area contributed by atoms with Crippen LogP contribution in [0.2, 0.25) is 0 Å². The quantitative estimate of drug-likeness (QED) is 0.906. The molecule has 1 aliphatic heterocycles. The van der Waals surface area contributed by atoms with Gasteiger partial charge in [-0.25, -0.2) is 4.79 Å². The van der Waals surface area contributed by atoms with Crippen molar-refractivity contribution >= 4 is 17.7 Å². The van der Waals surface area contributed by atoms with Gasteiger partial charge in [-0.15, -0.1) is 0 Å². The predicted octanol–water partition coefficient (Wildman–Crippen LogP) is 2.42. The van der Waals surface area contributed by atoms with E-state index in [1.807, 2.05) is 37.4 Å². The zero-order valence-corrected chi connectivity index (χ0v) is 13.5. The van der Waals surface area contributed by atoms with E-state index in [2.05, 4.69) is 10.4 Å². The molecule has 24 heavy (non-hydrogen) atoms. The van der Waals surface area contributed by atoms with Gasteiger partial charge in [-0.3, -0.25) is 9.48 Å². The molecule has 0 atom stereocenters. The van der Waals surface area contributed by atoms with Gasteiger partial charge in [0.15, 0.2) is 0 Å². The number of aryl methyl sites for hydroxylation is 1. The molecule has 3 rings (SSSR count). The number of rotatable bonds is 3. The number of anilines is 1. The molecule has 0 unspecified atom stereocenters. The van der Waals surface area contributed by atoms with E-state index >= 15 is 0 Å². The van der Waals surface area contributed by atoms with Gasteiger partial charge in [0.1, 0.15) is 0 Å². The molecule has 7 heteroatoms. The Bertz CT molecular complexity index is 734. The SMILES string of the molecule is Cn1ncc(NC(=O)N2CCC(C(=O)O)CC2)c1-c1ccccc1. The standard InChI is InChI=1S/C17H20N4O3/c1-20-15(12-5-3-2-4-6-12)14(11-18-20)19-17(24)21-9-7-13(8-10-21)16(22)23/h2-6,11,13H,7-10H2,1H3,(H,19,24)(H,22,23). The highest BCUT2D eigenvalue weighted by molar-refractivity contribution is 5.93. The molecule has 126 valence electrons. The fourth-order valence-electron chi connectivity index (χ4n) is 2.99. The van der Waals surface area contributed by atoms with Crippen LogP contribution in [-0.2, 0) is 11.8 Å². The fraction of sp³-hybridized carbons (Fsp3) is 0.353. The van der Waals surface area contributed by atoms with Crippen LogP contribution in [0.25, 0.3) is 11.3 Å². The summed E-state index contributed by atoms with van der Waals surface area (Å²) in [4.78, 5) is 25.1. The number of carbonyl (C=O) groups is 2. The number of aromatic nitrogens is 2. The number of carboxylic acids is 1. The number of aliphatic carboxylic acids is 1. The first-order valence-electron chi connectivity index (χ1n) is 7.92. The van der Waals surface area contributed by atoms with Gasteiger partial charge in [0.05, 0.1) is 23.5 Å². The van der Waals surface area contributed by atoms with Crippen molar-refractivity contribution in [1.82, 2.24) is 14.7 Å². The molecule has 0 saturated carbocycles. The molecular formula is C17H20N4O3. The number of urea groups is 1. The van der Waals surface area contributed by atoms with Crippen molar-refractivity contribution in [3.05, 3.63) is 36.5 Å². The van der Waals surface area contributed by atoms with Gasteiger partial charge in [-0.2, -0.15) is 5.10 Å². The van der Waals surface area contributed by atoms with Gasteiger partial charge in [0.2, 0.25) is 0 Å². The number of hydrogen-bond acceptors (Lipinski definition) is 3. The highest BCUT2D eigenvalue weighted by atomic mass is 16.4. The second-order valence-corrected chi connectivity index (χ2v) is 5.93. The van der Waals surface area contributed by atoms with Crippen LogP contribution >= 0.6 is 0 Å². The molecule has 0 aliphatic carbocycles. The van der Waals surface area contributed by atoms with Crippen molar-refractivity contribution in [3.8, 4) is 11.3 Å². The molecular weight excluding hydrogens is 308 g/mol. The van der Waals surface area contributed by atoms with E-state index in [-0.39, 0.29) is 11.9 Å². The number of likely N-dealkylation sites (tertiary alicyclic amines) is 1. The third-order valence-electron chi connectivity index (χ3n) is 4.36. The summed E-state index contributed by atoms with van der Waals surface area (Å²) in [6.45, 7) is 0.896. The first kappa shape index (κ1) is 16.0. The maximum atomic E-state index is 12.5. The first-order valence-corrected chi connectivity index (χ1v) is 7.92. The largest absolute Gasteiger partial charge is 0.481 e. The van der Waals surface area contributed by atoms with Crippen LogP contribution in [0.3, 0.4) is 0 Å². The van der Waals surface area contributed by atoms with Gasteiger partial charge in [0.25, 0.3) is 0 Å². The van der Waals surface area contributed by atoms with Crippen LogP contribution in [0.5, 0.6) is 0 Å². The molecule has 2 amide bonds. The minimum atomic E-state index is -0.784. The van der Waals surface area contributed by atoms with Crippen molar-refractivity contribution in [1.29, 1.82) is 0 Å². The lowest BCUT2D eigenvalue weighted by atomic mass is 9.97. The first-order chi connectivity index (χ1) is 11.6. The van der Waals surface area contributed by atoms with Gasteiger partial charge < -0.3 is 15.3 Å². The van der Waals surface area contributed by atoms with Crippen LogP contribution < -0.4 is 5.32 Å². The Morgan fingerprint density at radius 3 is 2.50 bits per heavy atom. The Morgan fingerprint density at radius 1 is 1.21 bits per heavy atom. The van der Waals surface area contributed by atoms with E-state index in [1.54, 1.807) is 15.8 Å². The van der Waals surface area contributed by atoms with E-state index in [0.717, 1.165) is 11.3 Å². The molecule has 1 saturated heterocycles. The summed E-state index contributed by atoms with van der Waals surface area (Å²) in [5, 5.41) is 16.2. The molecule has 0 radical (unpaired) electrons. The number of carbonyl (C=O) groups excluding carboxylic acids is 1. The molecule has 1 aromatic carbocycles. The second-order valence-electron chi connectivity index (χ2n) is 5.93. The topological polar surface area (TPSA) is 87.5 Å². The summed E-state index contributed by atoms with van der Waals surface area (Å²) in [7, 11) is 1.83. The number of carboxylic acid groups (broad SMARTS) is 1. The van der Waals surface area contributed by atoms with Crippen LogP contribution in [0, 0.1) is 5.92 Å². The zero-order valence-electron chi connectivity index (χ0n) is 13.5. The lowest BCUT2D eigenvalue weighted by molar-refractivity contribution is -0.143. The molecule has 0 spiro atoms. The Kier molecular flexibility index (Phi) is 4.50. The summed E-state index contributed by atoms with van der Waals surface area (Å²) in [5.41, 5.74) is 2.45. The number of piperidine rings is 1. The molecule has 2 heterocycles. The van der Waals surface area contributed by atoms with Gasteiger partial charge in [-0.05, 0) is 12.8 Å². The monoisotopic (exact) mass is 328 g/mol. The Labute approximate surface area is 139 Å². The van der Waals surface area contributed by atoms with Crippen LogP contribution in [0.15, 0.2) is 36.5 Å². The average Bonchev–Trinajstić information content (AvgIpc) is 2.96. The van der Waals surface area contributed by atoms with Crippen molar-refractivity contribution in [3.63, 3.8) is 0 Å².